The van der Waals surface area contributed by atoms with Crippen molar-refractivity contribution in [3.8, 4) is 5.88 Å². The summed E-state index contributed by atoms with van der Waals surface area (Å²) in [6, 6.07) is 17.1. The van der Waals surface area contributed by atoms with Gasteiger partial charge in [-0.05, 0) is 18.2 Å². The molecule has 2 aromatic heterocycles. The second-order valence-corrected chi connectivity index (χ2v) is 5.84. The first-order valence-corrected chi connectivity index (χ1v) is 8.02. The molecule has 0 N–H and O–H groups in total. The summed E-state index contributed by atoms with van der Waals surface area (Å²) in [5, 5.41) is 1.03. The van der Waals surface area contributed by atoms with E-state index in [1.807, 2.05) is 48.5 Å². The SMILES string of the molecule is O=C(c1ccc2ccccc2n1)N1CCC(Oc2ccccn2)C1. The van der Waals surface area contributed by atoms with Gasteiger partial charge in [0.25, 0.3) is 5.91 Å². The third-order valence-electron chi connectivity index (χ3n) is 4.17. The molecule has 5 heteroatoms. The summed E-state index contributed by atoms with van der Waals surface area (Å²) in [6.45, 7) is 1.23. The minimum absolute atomic E-state index is 0.0238. The lowest BCUT2D eigenvalue weighted by molar-refractivity contribution is 0.0766. The van der Waals surface area contributed by atoms with Crippen molar-refractivity contribution in [2.75, 3.05) is 13.1 Å². The van der Waals surface area contributed by atoms with E-state index in [1.165, 1.54) is 0 Å². The average molecular weight is 319 g/mol. The molecule has 0 saturated carbocycles. The molecule has 1 fully saturated rings. The van der Waals surface area contributed by atoms with Crippen LogP contribution in [-0.2, 0) is 0 Å². The Kier molecular flexibility index (Phi) is 3.83. The third-order valence-corrected chi connectivity index (χ3v) is 4.17. The Morgan fingerprint density at radius 3 is 2.83 bits per heavy atom. The van der Waals surface area contributed by atoms with E-state index in [9.17, 15) is 4.79 Å². The van der Waals surface area contributed by atoms with Gasteiger partial charge in [0.2, 0.25) is 5.88 Å². The van der Waals surface area contributed by atoms with Crippen LogP contribution in [0.1, 0.15) is 16.9 Å². The monoisotopic (exact) mass is 319 g/mol. The quantitative estimate of drug-likeness (QED) is 0.745. The van der Waals surface area contributed by atoms with Crippen LogP contribution in [0.2, 0.25) is 0 Å². The predicted octanol–water partition coefficient (Wildman–Crippen LogP) is 2.92. The molecule has 1 saturated heterocycles. The van der Waals surface area contributed by atoms with Crippen LogP contribution in [0.15, 0.2) is 60.8 Å². The van der Waals surface area contributed by atoms with E-state index >= 15 is 0 Å². The summed E-state index contributed by atoms with van der Waals surface area (Å²) < 4.78 is 5.84. The number of para-hydroxylation sites is 1. The van der Waals surface area contributed by atoms with Gasteiger partial charge in [0, 0.05) is 30.6 Å². The molecular weight excluding hydrogens is 302 g/mol. The zero-order valence-electron chi connectivity index (χ0n) is 13.1. The zero-order chi connectivity index (χ0) is 16.4. The Morgan fingerprint density at radius 2 is 1.96 bits per heavy atom. The Hall–Kier alpha value is -2.95. The molecule has 3 aromatic rings. The maximum Gasteiger partial charge on any atom is 0.272 e. The summed E-state index contributed by atoms with van der Waals surface area (Å²) in [4.78, 5) is 23.1. The number of nitrogens with zero attached hydrogens (tertiary/aromatic N) is 3. The van der Waals surface area contributed by atoms with E-state index in [4.69, 9.17) is 4.74 Å². The van der Waals surface area contributed by atoms with Crippen LogP contribution in [-0.4, -0.2) is 40.0 Å². The topological polar surface area (TPSA) is 55.3 Å². The highest BCUT2D eigenvalue weighted by Gasteiger charge is 2.29. The van der Waals surface area contributed by atoms with E-state index in [0.29, 0.717) is 24.7 Å². The number of hydrogen-bond acceptors (Lipinski definition) is 4. The molecule has 0 bridgehead atoms. The molecule has 4 rings (SSSR count). The van der Waals surface area contributed by atoms with Gasteiger partial charge in [-0.3, -0.25) is 4.79 Å². The van der Waals surface area contributed by atoms with Gasteiger partial charge < -0.3 is 9.64 Å². The molecule has 0 spiro atoms. The largest absolute Gasteiger partial charge is 0.472 e. The number of fused-ring (bicyclic) bond motifs is 1. The Bertz CT molecular complexity index is 867. The van der Waals surface area contributed by atoms with Gasteiger partial charge >= 0.3 is 0 Å². The van der Waals surface area contributed by atoms with Gasteiger partial charge in [-0.15, -0.1) is 0 Å². The van der Waals surface area contributed by atoms with Crippen LogP contribution < -0.4 is 4.74 Å². The number of pyridine rings is 2. The maximum atomic E-state index is 12.7. The molecule has 1 atom stereocenters. The van der Waals surface area contributed by atoms with Crippen LogP contribution in [0.5, 0.6) is 5.88 Å². The molecule has 5 nitrogen and oxygen atoms in total. The highest BCUT2D eigenvalue weighted by molar-refractivity contribution is 5.95. The number of carbonyl (C=O) groups is 1. The number of carbonyl (C=O) groups excluding carboxylic acids is 1. The van der Waals surface area contributed by atoms with Crippen molar-refractivity contribution in [3.05, 3.63) is 66.5 Å². The van der Waals surface area contributed by atoms with Crippen LogP contribution in [0.3, 0.4) is 0 Å². The summed E-state index contributed by atoms with van der Waals surface area (Å²) in [7, 11) is 0. The lowest BCUT2D eigenvalue weighted by atomic mass is 10.2. The molecule has 1 unspecified atom stereocenters. The van der Waals surface area contributed by atoms with Crippen molar-refractivity contribution < 1.29 is 9.53 Å². The lowest BCUT2D eigenvalue weighted by Crippen LogP contribution is -2.31. The molecule has 0 radical (unpaired) electrons. The summed E-state index contributed by atoms with van der Waals surface area (Å²) in [6.07, 6.45) is 2.48. The molecular formula is C19H17N3O2. The number of hydrogen-bond donors (Lipinski definition) is 0. The van der Waals surface area contributed by atoms with E-state index in [1.54, 1.807) is 17.2 Å². The Labute approximate surface area is 139 Å². The molecule has 120 valence electrons. The number of rotatable bonds is 3. The van der Waals surface area contributed by atoms with E-state index < -0.39 is 0 Å². The molecule has 1 amide bonds. The van der Waals surface area contributed by atoms with E-state index in [0.717, 1.165) is 17.3 Å². The second kappa shape index (κ2) is 6.28. The first-order chi connectivity index (χ1) is 11.8. The zero-order valence-corrected chi connectivity index (χ0v) is 13.1. The van der Waals surface area contributed by atoms with Crippen LogP contribution in [0, 0.1) is 0 Å². The second-order valence-electron chi connectivity index (χ2n) is 5.84. The first kappa shape index (κ1) is 14.6. The smallest absolute Gasteiger partial charge is 0.272 e. The van der Waals surface area contributed by atoms with E-state index in [-0.39, 0.29) is 12.0 Å². The van der Waals surface area contributed by atoms with Gasteiger partial charge in [0.1, 0.15) is 11.8 Å². The third kappa shape index (κ3) is 2.93. The number of amides is 1. The minimum atomic E-state index is -0.0483. The van der Waals surface area contributed by atoms with Crippen molar-refractivity contribution in [1.82, 2.24) is 14.9 Å². The van der Waals surface area contributed by atoms with Crippen molar-refractivity contribution >= 4 is 16.8 Å². The fourth-order valence-electron chi connectivity index (χ4n) is 2.94. The maximum absolute atomic E-state index is 12.7. The number of benzene rings is 1. The summed E-state index contributed by atoms with van der Waals surface area (Å²) in [5.41, 5.74) is 1.32. The molecule has 1 aliphatic heterocycles. The highest BCUT2D eigenvalue weighted by Crippen LogP contribution is 2.19. The van der Waals surface area contributed by atoms with Crippen LogP contribution >= 0.6 is 0 Å². The minimum Gasteiger partial charge on any atom is -0.472 e. The number of likely N-dealkylation sites (tertiary alicyclic amines) is 1. The van der Waals surface area contributed by atoms with Crippen molar-refractivity contribution in [2.45, 2.75) is 12.5 Å². The van der Waals surface area contributed by atoms with Gasteiger partial charge in [-0.1, -0.05) is 30.3 Å². The molecule has 3 heterocycles. The molecule has 0 aliphatic carbocycles. The van der Waals surface area contributed by atoms with Gasteiger partial charge in [0.05, 0.1) is 12.1 Å². The predicted molar refractivity (Wildman–Crippen MR) is 90.9 cm³/mol. The van der Waals surface area contributed by atoms with Crippen molar-refractivity contribution in [3.63, 3.8) is 0 Å². The van der Waals surface area contributed by atoms with Gasteiger partial charge in [0.15, 0.2) is 0 Å². The van der Waals surface area contributed by atoms with Gasteiger partial charge in [-0.2, -0.15) is 0 Å². The fraction of sp³-hybridized carbons (Fsp3) is 0.211. The first-order valence-electron chi connectivity index (χ1n) is 8.02. The normalized spacial score (nSPS) is 17.2. The van der Waals surface area contributed by atoms with Gasteiger partial charge in [-0.25, -0.2) is 9.97 Å². The Balaban J connectivity index is 1.46. The fourth-order valence-corrected chi connectivity index (χ4v) is 2.94. The summed E-state index contributed by atoms with van der Waals surface area (Å²) in [5.74, 6) is 0.550. The Morgan fingerprint density at radius 1 is 1.08 bits per heavy atom. The van der Waals surface area contributed by atoms with Crippen molar-refractivity contribution in [1.29, 1.82) is 0 Å². The number of ether oxygens (including phenoxy) is 1. The highest BCUT2D eigenvalue weighted by atomic mass is 16.5. The molecule has 1 aromatic carbocycles. The van der Waals surface area contributed by atoms with Crippen molar-refractivity contribution in [2.24, 2.45) is 0 Å². The van der Waals surface area contributed by atoms with Crippen LogP contribution in [0.25, 0.3) is 10.9 Å². The van der Waals surface area contributed by atoms with E-state index in [2.05, 4.69) is 9.97 Å². The summed E-state index contributed by atoms with van der Waals surface area (Å²) >= 11 is 0. The standard InChI is InChI=1S/C19H17N3O2/c23-19(17-9-8-14-5-1-2-6-16(14)21-17)22-12-10-15(13-22)24-18-7-3-4-11-20-18/h1-9,11,15H,10,12-13H2. The number of aromatic nitrogens is 2. The molecule has 1 aliphatic rings. The lowest BCUT2D eigenvalue weighted by Gasteiger charge is -2.16. The van der Waals surface area contributed by atoms with Crippen LogP contribution in [0.4, 0.5) is 0 Å². The average Bonchev–Trinajstić information content (AvgIpc) is 3.10. The molecule has 24 heavy (non-hydrogen) atoms.